The van der Waals surface area contributed by atoms with E-state index in [1.54, 1.807) is 0 Å². The van der Waals surface area contributed by atoms with Crippen molar-refractivity contribution in [2.75, 3.05) is 17.7 Å². The van der Waals surface area contributed by atoms with Gasteiger partial charge in [0, 0.05) is 22.6 Å². The van der Waals surface area contributed by atoms with Crippen molar-refractivity contribution in [3.8, 4) is 0 Å². The van der Waals surface area contributed by atoms with Gasteiger partial charge in [0.05, 0.1) is 5.56 Å². The third-order valence-electron chi connectivity index (χ3n) is 5.12. The predicted octanol–water partition coefficient (Wildman–Crippen LogP) is 3.18. The number of hydrogen-bond donors (Lipinski definition) is 3. The van der Waals surface area contributed by atoms with Crippen molar-refractivity contribution in [1.82, 2.24) is 4.90 Å². The van der Waals surface area contributed by atoms with Gasteiger partial charge in [-0.3, -0.25) is 15.0 Å². The van der Waals surface area contributed by atoms with Gasteiger partial charge in [-0.1, -0.05) is 18.2 Å². The van der Waals surface area contributed by atoms with Gasteiger partial charge in [-0.05, 0) is 44.0 Å². The third kappa shape index (κ3) is 2.79. The van der Waals surface area contributed by atoms with Crippen molar-refractivity contribution in [2.24, 2.45) is 5.73 Å². The summed E-state index contributed by atoms with van der Waals surface area (Å²) >= 11 is 1.48. The summed E-state index contributed by atoms with van der Waals surface area (Å²) in [7, 11) is 2.10. The number of anilines is 2. The Morgan fingerprint density at radius 2 is 1.96 bits per heavy atom. The summed E-state index contributed by atoms with van der Waals surface area (Å²) in [5.41, 5.74) is 7.85. The fourth-order valence-electron chi connectivity index (χ4n) is 3.93. The van der Waals surface area contributed by atoms with E-state index in [1.807, 2.05) is 30.3 Å². The highest BCUT2D eigenvalue weighted by Crippen LogP contribution is 2.49. The number of nitrogens with one attached hydrogen (secondary N) is 2. The van der Waals surface area contributed by atoms with Gasteiger partial charge in [-0.15, -0.1) is 11.3 Å². The van der Waals surface area contributed by atoms with E-state index in [2.05, 4.69) is 22.6 Å². The molecule has 4 N–H and O–H groups in total. The van der Waals surface area contributed by atoms with Gasteiger partial charge in [-0.2, -0.15) is 0 Å². The molecule has 0 radical (unpaired) electrons. The minimum atomic E-state index is -0.480. The molecule has 0 saturated carbocycles. The van der Waals surface area contributed by atoms with E-state index in [-0.39, 0.29) is 12.1 Å². The van der Waals surface area contributed by atoms with Gasteiger partial charge in [0.15, 0.2) is 0 Å². The summed E-state index contributed by atoms with van der Waals surface area (Å²) in [6.07, 6.45) is 3.08. The van der Waals surface area contributed by atoms with Gasteiger partial charge in [0.25, 0.3) is 5.91 Å². The molecule has 0 aliphatic carbocycles. The summed E-state index contributed by atoms with van der Waals surface area (Å²) in [5.74, 6) is -0.480. The topological polar surface area (TPSA) is 87.5 Å². The number of carbonyl (C=O) groups is 2. The first-order valence-corrected chi connectivity index (χ1v) is 9.16. The van der Waals surface area contributed by atoms with Gasteiger partial charge in [0.2, 0.25) is 0 Å². The van der Waals surface area contributed by atoms with E-state index >= 15 is 0 Å². The SMILES string of the molecule is CN1C2CCC1c1c(sc(NC(=O)Nc3ccccc3)c1C(N)=O)C2. The molecule has 3 heterocycles. The summed E-state index contributed by atoms with van der Waals surface area (Å²) in [4.78, 5) is 27.9. The molecule has 1 aromatic carbocycles. The van der Waals surface area contributed by atoms with Crippen LogP contribution in [0, 0.1) is 0 Å². The first kappa shape index (κ1) is 16.1. The van der Waals surface area contributed by atoms with Crippen molar-refractivity contribution in [3.05, 3.63) is 46.3 Å². The van der Waals surface area contributed by atoms with Crippen molar-refractivity contribution in [2.45, 2.75) is 31.3 Å². The number of rotatable bonds is 3. The second-order valence-corrected chi connectivity index (χ2v) is 7.67. The summed E-state index contributed by atoms with van der Waals surface area (Å²) < 4.78 is 0. The lowest BCUT2D eigenvalue weighted by Crippen LogP contribution is -2.34. The van der Waals surface area contributed by atoms with Gasteiger partial charge in [-0.25, -0.2) is 4.79 Å². The normalized spacial score (nSPS) is 21.6. The second-order valence-electron chi connectivity index (χ2n) is 6.57. The largest absolute Gasteiger partial charge is 0.365 e. The second kappa shape index (κ2) is 6.16. The molecule has 25 heavy (non-hydrogen) atoms. The zero-order valence-electron chi connectivity index (χ0n) is 13.9. The van der Waals surface area contributed by atoms with E-state index < -0.39 is 5.91 Å². The number of amides is 3. The van der Waals surface area contributed by atoms with Crippen molar-refractivity contribution >= 4 is 34.0 Å². The summed E-state index contributed by atoms with van der Waals surface area (Å²) in [6, 6.07) is 9.56. The molecule has 6 nitrogen and oxygen atoms in total. The molecule has 2 aromatic rings. The number of hydrogen-bond acceptors (Lipinski definition) is 4. The van der Waals surface area contributed by atoms with Crippen LogP contribution >= 0.6 is 11.3 Å². The van der Waals surface area contributed by atoms with E-state index in [9.17, 15) is 9.59 Å². The van der Waals surface area contributed by atoms with E-state index in [4.69, 9.17) is 5.73 Å². The Balaban J connectivity index is 1.63. The molecule has 2 unspecified atom stereocenters. The van der Waals surface area contributed by atoms with Crippen LogP contribution in [-0.2, 0) is 6.42 Å². The van der Waals surface area contributed by atoms with Crippen LogP contribution in [0.4, 0.5) is 15.5 Å². The molecule has 1 fully saturated rings. The molecule has 2 aliphatic rings. The highest BCUT2D eigenvalue weighted by atomic mass is 32.1. The lowest BCUT2D eigenvalue weighted by molar-refractivity contribution is 0.0997. The minimum Gasteiger partial charge on any atom is -0.365 e. The van der Waals surface area contributed by atoms with Crippen LogP contribution in [-0.4, -0.2) is 29.9 Å². The van der Waals surface area contributed by atoms with E-state index in [0.717, 1.165) is 24.8 Å². The number of urea groups is 1. The number of fused-ring (bicyclic) bond motifs is 4. The number of carbonyl (C=O) groups excluding carboxylic acids is 2. The lowest BCUT2D eigenvalue weighted by Gasteiger charge is -2.31. The number of likely N-dealkylation sites (N-methyl/N-ethyl adjacent to an activating group) is 1. The van der Waals surface area contributed by atoms with Gasteiger partial charge in [0.1, 0.15) is 5.00 Å². The number of nitrogens with two attached hydrogens (primary N) is 1. The summed E-state index contributed by atoms with van der Waals surface area (Å²) in [6.45, 7) is 0. The quantitative estimate of drug-likeness (QED) is 0.789. The zero-order chi connectivity index (χ0) is 17.6. The van der Waals surface area contributed by atoms with E-state index in [0.29, 0.717) is 22.3 Å². The molecule has 1 aromatic heterocycles. The Morgan fingerprint density at radius 1 is 1.20 bits per heavy atom. The van der Waals surface area contributed by atoms with Crippen LogP contribution in [0.25, 0.3) is 0 Å². The van der Waals surface area contributed by atoms with Crippen LogP contribution in [0.2, 0.25) is 0 Å². The van der Waals surface area contributed by atoms with Gasteiger partial charge >= 0.3 is 6.03 Å². The number of thiophene rings is 1. The first-order chi connectivity index (χ1) is 12.0. The fourth-order valence-corrected chi connectivity index (χ4v) is 5.26. The maximum atomic E-state index is 12.3. The van der Waals surface area contributed by atoms with E-state index in [1.165, 1.54) is 16.2 Å². The van der Waals surface area contributed by atoms with Crippen LogP contribution in [0.5, 0.6) is 0 Å². The lowest BCUT2D eigenvalue weighted by atomic mass is 9.97. The van der Waals surface area contributed by atoms with Crippen LogP contribution in [0.1, 0.15) is 39.7 Å². The Hall–Kier alpha value is -2.38. The fraction of sp³-hybridized carbons (Fsp3) is 0.333. The van der Waals surface area contributed by atoms with Gasteiger partial charge < -0.3 is 11.1 Å². The highest BCUT2D eigenvalue weighted by molar-refractivity contribution is 7.17. The zero-order valence-corrected chi connectivity index (χ0v) is 14.7. The predicted molar refractivity (Wildman–Crippen MR) is 99.2 cm³/mol. The molecule has 7 heteroatoms. The molecule has 130 valence electrons. The first-order valence-electron chi connectivity index (χ1n) is 8.35. The molecule has 2 aliphatic heterocycles. The Morgan fingerprint density at radius 3 is 2.68 bits per heavy atom. The number of benzene rings is 1. The molecular formula is C18H20N4O2S. The third-order valence-corrected chi connectivity index (χ3v) is 6.27. The van der Waals surface area contributed by atoms with Crippen molar-refractivity contribution < 1.29 is 9.59 Å². The molecular weight excluding hydrogens is 336 g/mol. The van der Waals surface area contributed by atoms with Crippen LogP contribution in [0.15, 0.2) is 30.3 Å². The van der Waals surface area contributed by atoms with Crippen molar-refractivity contribution in [1.29, 1.82) is 0 Å². The number of para-hydroxylation sites is 1. The molecule has 4 rings (SSSR count). The van der Waals surface area contributed by atoms with Crippen LogP contribution in [0.3, 0.4) is 0 Å². The van der Waals surface area contributed by atoms with Crippen molar-refractivity contribution in [3.63, 3.8) is 0 Å². The Bertz CT molecular complexity index is 833. The Labute approximate surface area is 150 Å². The number of primary amides is 1. The highest BCUT2D eigenvalue weighted by Gasteiger charge is 2.42. The number of nitrogens with zero attached hydrogens (tertiary/aromatic N) is 1. The molecule has 2 atom stereocenters. The molecule has 3 amide bonds. The average molecular weight is 356 g/mol. The standard InChI is InChI=1S/C18H20N4O2S/c1-22-11-7-8-12(22)14-13(9-11)25-17(15(14)16(19)23)21-18(24)20-10-5-3-2-4-6-10/h2-6,11-12H,7-9H2,1H3,(H2,19,23)(H2,20,21,24). The van der Waals surface area contributed by atoms with Crippen LogP contribution < -0.4 is 16.4 Å². The monoisotopic (exact) mass is 356 g/mol. The minimum absolute atomic E-state index is 0.222. The Kier molecular flexibility index (Phi) is 3.97. The molecule has 1 saturated heterocycles. The molecule has 2 bridgehead atoms. The maximum absolute atomic E-state index is 12.3. The smallest absolute Gasteiger partial charge is 0.324 e. The average Bonchev–Trinajstić information content (AvgIpc) is 3.04. The maximum Gasteiger partial charge on any atom is 0.324 e. The molecule has 0 spiro atoms. The summed E-state index contributed by atoms with van der Waals surface area (Å²) in [5, 5.41) is 6.14.